The van der Waals surface area contributed by atoms with Crippen LogP contribution < -0.4 is 0 Å². The molecule has 2 rings (SSSR count). The highest BCUT2D eigenvalue weighted by Crippen LogP contribution is 2.45. The molecule has 1 aromatic rings. The molecule has 1 saturated heterocycles. The number of alkyl halides is 4. The van der Waals surface area contributed by atoms with Gasteiger partial charge < -0.3 is 19.7 Å². The number of hydrogen-bond acceptors (Lipinski definition) is 4. The highest BCUT2D eigenvalue weighted by molar-refractivity contribution is 5.13. The molecule has 0 bridgehead atoms. The lowest BCUT2D eigenvalue weighted by molar-refractivity contribution is -0.396. The molecule has 0 spiro atoms. The molecule has 8 heteroatoms. The number of aliphatic hydroxyl groups is 2. The van der Waals surface area contributed by atoms with Crippen LogP contribution in [0.4, 0.5) is 17.6 Å². The maximum Gasteiger partial charge on any atom is 0.362 e. The van der Waals surface area contributed by atoms with Gasteiger partial charge in [0.2, 0.25) is 6.29 Å². The van der Waals surface area contributed by atoms with Crippen LogP contribution in [0.1, 0.15) is 5.56 Å². The van der Waals surface area contributed by atoms with E-state index in [2.05, 4.69) is 4.74 Å². The van der Waals surface area contributed by atoms with Crippen LogP contribution in [0.5, 0.6) is 0 Å². The molecular weight excluding hydrogens is 296 g/mol. The number of hydrogen-bond donors (Lipinski definition) is 2. The summed E-state index contributed by atoms with van der Waals surface area (Å²) in [6, 6.07) is 8.69. The van der Waals surface area contributed by atoms with Gasteiger partial charge in [-0.2, -0.15) is 17.6 Å². The molecule has 1 aliphatic heterocycles. The van der Waals surface area contributed by atoms with E-state index in [-0.39, 0.29) is 6.61 Å². The van der Waals surface area contributed by atoms with E-state index in [1.165, 1.54) is 0 Å². The lowest BCUT2D eigenvalue weighted by Gasteiger charge is -2.42. The van der Waals surface area contributed by atoms with E-state index in [4.69, 9.17) is 9.84 Å². The molecule has 21 heavy (non-hydrogen) atoms. The summed E-state index contributed by atoms with van der Waals surface area (Å²) in [6.07, 6.45) is -7.52. The van der Waals surface area contributed by atoms with Crippen molar-refractivity contribution in [3.63, 3.8) is 0 Å². The Morgan fingerprint density at radius 2 is 1.67 bits per heavy atom. The van der Waals surface area contributed by atoms with Crippen molar-refractivity contribution in [1.82, 2.24) is 0 Å². The van der Waals surface area contributed by atoms with Crippen LogP contribution in [0.3, 0.4) is 0 Å². The summed E-state index contributed by atoms with van der Waals surface area (Å²) in [4.78, 5) is 0. The quantitative estimate of drug-likeness (QED) is 0.829. The second kappa shape index (κ2) is 5.88. The minimum atomic E-state index is -4.86. The normalized spacial score (nSPS) is 31.0. The molecule has 0 saturated carbocycles. The van der Waals surface area contributed by atoms with E-state index >= 15 is 0 Å². The average molecular weight is 310 g/mol. The number of benzene rings is 1. The van der Waals surface area contributed by atoms with Gasteiger partial charge in [-0.1, -0.05) is 30.3 Å². The van der Waals surface area contributed by atoms with Gasteiger partial charge in [0.1, 0.15) is 6.10 Å². The maximum absolute atomic E-state index is 13.3. The Bertz CT molecular complexity index is 468. The van der Waals surface area contributed by atoms with Crippen LogP contribution in [-0.2, 0) is 16.1 Å². The molecule has 1 fully saturated rings. The van der Waals surface area contributed by atoms with E-state index in [9.17, 15) is 22.7 Å². The van der Waals surface area contributed by atoms with Crippen molar-refractivity contribution in [3.05, 3.63) is 35.9 Å². The molecule has 118 valence electrons. The minimum Gasteiger partial charge on any atom is -0.384 e. The summed E-state index contributed by atoms with van der Waals surface area (Å²) in [6.45, 7) is -0.524. The zero-order valence-corrected chi connectivity index (χ0v) is 10.8. The molecule has 0 aromatic heterocycles. The Kier molecular flexibility index (Phi) is 4.52. The standard InChI is InChI=1S/C13H14F4O4/c14-12(15)10(18)9(21-11(19)13(12,16)17)7-20-6-8-4-2-1-3-5-8/h1-5,9-11,18-19H,6-7H2/t9-,10+,11+/m1/s1. The number of halogens is 4. The number of ether oxygens (including phenoxy) is 2. The zero-order chi connectivity index (χ0) is 15.7. The van der Waals surface area contributed by atoms with Gasteiger partial charge in [0, 0.05) is 0 Å². The molecule has 3 atom stereocenters. The summed E-state index contributed by atoms with van der Waals surface area (Å²) in [7, 11) is 0. The second-order valence-electron chi connectivity index (χ2n) is 4.72. The Hall–Kier alpha value is -1.22. The first-order valence-electron chi connectivity index (χ1n) is 6.15. The van der Waals surface area contributed by atoms with Crippen LogP contribution in [0.15, 0.2) is 30.3 Å². The van der Waals surface area contributed by atoms with Gasteiger partial charge in [0.05, 0.1) is 13.2 Å². The summed E-state index contributed by atoms with van der Waals surface area (Å²) in [5.74, 6) is -9.66. The van der Waals surface area contributed by atoms with E-state index in [0.717, 1.165) is 5.56 Å². The van der Waals surface area contributed by atoms with Gasteiger partial charge in [-0.15, -0.1) is 0 Å². The predicted molar refractivity (Wildman–Crippen MR) is 62.9 cm³/mol. The van der Waals surface area contributed by atoms with E-state index in [1.807, 2.05) is 0 Å². The third-order valence-electron chi connectivity index (χ3n) is 3.18. The molecule has 2 N–H and O–H groups in total. The fourth-order valence-corrected chi connectivity index (χ4v) is 1.92. The number of rotatable bonds is 4. The molecule has 1 aromatic carbocycles. The van der Waals surface area contributed by atoms with Crippen molar-refractivity contribution >= 4 is 0 Å². The van der Waals surface area contributed by atoms with E-state index in [1.54, 1.807) is 30.3 Å². The topological polar surface area (TPSA) is 58.9 Å². The third-order valence-corrected chi connectivity index (χ3v) is 3.18. The van der Waals surface area contributed by atoms with Crippen LogP contribution in [0.25, 0.3) is 0 Å². The Balaban J connectivity index is 1.95. The first kappa shape index (κ1) is 16.2. The van der Waals surface area contributed by atoms with Gasteiger partial charge in [-0.05, 0) is 5.56 Å². The minimum absolute atomic E-state index is 0.0332. The van der Waals surface area contributed by atoms with Crippen LogP contribution in [-0.4, -0.2) is 47.2 Å². The fraction of sp³-hybridized carbons (Fsp3) is 0.538. The fourth-order valence-electron chi connectivity index (χ4n) is 1.92. The van der Waals surface area contributed by atoms with Crippen LogP contribution in [0.2, 0.25) is 0 Å². The highest BCUT2D eigenvalue weighted by atomic mass is 19.3. The second-order valence-corrected chi connectivity index (χ2v) is 4.72. The Morgan fingerprint density at radius 3 is 2.29 bits per heavy atom. The number of aliphatic hydroxyl groups excluding tert-OH is 2. The summed E-state index contributed by atoms with van der Waals surface area (Å²) in [5, 5.41) is 18.3. The van der Waals surface area contributed by atoms with Crippen molar-refractivity contribution in [1.29, 1.82) is 0 Å². The van der Waals surface area contributed by atoms with Crippen molar-refractivity contribution in [2.45, 2.75) is 36.9 Å². The van der Waals surface area contributed by atoms with E-state index < -0.39 is 36.9 Å². The first-order valence-corrected chi connectivity index (χ1v) is 6.15. The molecule has 0 amide bonds. The maximum atomic E-state index is 13.3. The SMILES string of the molecule is O[C@H]1O[C@H](COCc2ccccc2)[C@H](O)C(F)(F)C1(F)F. The summed E-state index contributed by atoms with van der Waals surface area (Å²) >= 11 is 0. The molecule has 1 aliphatic rings. The summed E-state index contributed by atoms with van der Waals surface area (Å²) < 4.78 is 62.2. The smallest absolute Gasteiger partial charge is 0.362 e. The van der Waals surface area contributed by atoms with Gasteiger partial charge in [-0.25, -0.2) is 0 Å². The van der Waals surface area contributed by atoms with Crippen LogP contribution >= 0.6 is 0 Å². The van der Waals surface area contributed by atoms with E-state index in [0.29, 0.717) is 0 Å². The van der Waals surface area contributed by atoms with Crippen molar-refractivity contribution in [3.8, 4) is 0 Å². The van der Waals surface area contributed by atoms with Crippen LogP contribution in [0, 0.1) is 0 Å². The largest absolute Gasteiger partial charge is 0.384 e. The first-order chi connectivity index (χ1) is 9.76. The van der Waals surface area contributed by atoms with Crippen molar-refractivity contribution in [2.24, 2.45) is 0 Å². The molecule has 0 unspecified atom stereocenters. The Labute approximate surface area is 117 Å². The van der Waals surface area contributed by atoms with Crippen molar-refractivity contribution in [2.75, 3.05) is 6.61 Å². The zero-order valence-electron chi connectivity index (χ0n) is 10.8. The summed E-state index contributed by atoms with van der Waals surface area (Å²) in [5.41, 5.74) is 0.737. The molecule has 0 aliphatic carbocycles. The molecular formula is C13H14F4O4. The average Bonchev–Trinajstić information content (AvgIpc) is 2.44. The predicted octanol–water partition coefficient (Wildman–Crippen LogP) is 1.55. The molecule has 1 heterocycles. The Morgan fingerprint density at radius 1 is 1.05 bits per heavy atom. The van der Waals surface area contributed by atoms with Gasteiger partial charge >= 0.3 is 11.8 Å². The molecule has 4 nitrogen and oxygen atoms in total. The lowest BCUT2D eigenvalue weighted by atomic mass is 9.97. The highest BCUT2D eigenvalue weighted by Gasteiger charge is 2.71. The lowest BCUT2D eigenvalue weighted by Crippen LogP contribution is -2.66. The van der Waals surface area contributed by atoms with Gasteiger partial charge in [0.15, 0.2) is 6.10 Å². The molecule has 0 radical (unpaired) electrons. The van der Waals surface area contributed by atoms with Gasteiger partial charge in [0.25, 0.3) is 0 Å². The van der Waals surface area contributed by atoms with Gasteiger partial charge in [-0.3, -0.25) is 0 Å². The third kappa shape index (κ3) is 3.03. The van der Waals surface area contributed by atoms with Crippen molar-refractivity contribution < 1.29 is 37.2 Å². The monoisotopic (exact) mass is 310 g/mol.